The van der Waals surface area contributed by atoms with Gasteiger partial charge in [0.15, 0.2) is 5.78 Å². The molecule has 3 unspecified atom stereocenters. The standard InChI is InChI=1S/C32H41N3O6/c1-20(2)12-27(35-31(39)26(21(3)4)16-29(37)41-19-22-8-6-5-7-9-22)28(36)15-25-14-24-13-23(17-33-18-24)10-11-34-32(40)30(25)38/h5-9,13,17-18,20-21,25-27H,10-12,14-16,19H2,1-4H3,(H,34,40)(H,35,39). The summed E-state index contributed by atoms with van der Waals surface area (Å²) in [5, 5.41) is 5.49. The van der Waals surface area contributed by atoms with Gasteiger partial charge in [-0.15, -0.1) is 0 Å². The van der Waals surface area contributed by atoms with E-state index in [-0.39, 0.29) is 43.5 Å². The number of ether oxygens (including phenoxy) is 1. The van der Waals surface area contributed by atoms with Gasteiger partial charge in [-0.05, 0) is 47.8 Å². The zero-order valence-electron chi connectivity index (χ0n) is 24.4. The van der Waals surface area contributed by atoms with Crippen molar-refractivity contribution in [2.45, 2.75) is 72.4 Å². The average Bonchev–Trinajstić information content (AvgIpc) is 2.93. The fourth-order valence-corrected chi connectivity index (χ4v) is 4.94. The molecule has 9 heteroatoms. The Hall–Kier alpha value is -3.88. The first-order chi connectivity index (χ1) is 19.5. The fourth-order valence-electron chi connectivity index (χ4n) is 4.94. The van der Waals surface area contributed by atoms with Gasteiger partial charge in [0.25, 0.3) is 5.91 Å². The number of fused-ring (bicyclic) bond motifs is 2. The lowest BCUT2D eigenvalue weighted by Crippen LogP contribution is -2.47. The van der Waals surface area contributed by atoms with Crippen LogP contribution in [-0.4, -0.2) is 46.9 Å². The predicted octanol–water partition coefficient (Wildman–Crippen LogP) is 3.38. The number of nitrogens with one attached hydrogen (secondary N) is 2. The Labute approximate surface area is 241 Å². The van der Waals surface area contributed by atoms with Gasteiger partial charge in [0.2, 0.25) is 11.7 Å². The Morgan fingerprint density at radius 3 is 2.44 bits per heavy atom. The molecule has 2 N–H and O–H groups in total. The SMILES string of the molecule is CC(C)CC(NC(=O)C(CC(=O)OCc1ccccc1)C(C)C)C(=O)CC1Cc2cncc(c2)CCNC(=O)C1=O. The number of carbonyl (C=O) groups excluding carboxylic acids is 5. The Bertz CT molecular complexity index is 1230. The van der Waals surface area contributed by atoms with Crippen molar-refractivity contribution in [2.75, 3.05) is 6.54 Å². The summed E-state index contributed by atoms with van der Waals surface area (Å²) in [6.45, 7) is 7.97. The molecule has 2 amide bonds. The molecule has 2 aromatic rings. The molecule has 0 saturated heterocycles. The molecule has 0 spiro atoms. The molecule has 41 heavy (non-hydrogen) atoms. The first kappa shape index (κ1) is 31.6. The van der Waals surface area contributed by atoms with E-state index in [0.29, 0.717) is 19.4 Å². The number of amides is 2. The van der Waals surface area contributed by atoms with Crippen molar-refractivity contribution in [2.24, 2.45) is 23.7 Å². The molecule has 1 aliphatic heterocycles. The maximum Gasteiger partial charge on any atom is 0.306 e. The summed E-state index contributed by atoms with van der Waals surface area (Å²) in [5.41, 5.74) is 2.57. The third-order valence-electron chi connectivity index (χ3n) is 7.26. The highest BCUT2D eigenvalue weighted by atomic mass is 16.5. The number of aromatic nitrogens is 1. The van der Waals surface area contributed by atoms with Crippen LogP contribution < -0.4 is 10.6 Å². The molecule has 0 radical (unpaired) electrons. The van der Waals surface area contributed by atoms with Crippen LogP contribution in [0.3, 0.4) is 0 Å². The molecule has 2 heterocycles. The summed E-state index contributed by atoms with van der Waals surface area (Å²) in [6, 6.07) is 10.4. The third-order valence-corrected chi connectivity index (χ3v) is 7.26. The summed E-state index contributed by atoms with van der Waals surface area (Å²) in [4.78, 5) is 69.3. The summed E-state index contributed by atoms with van der Waals surface area (Å²) >= 11 is 0. The minimum atomic E-state index is -0.877. The molecule has 0 saturated carbocycles. The Morgan fingerprint density at radius 1 is 1.05 bits per heavy atom. The van der Waals surface area contributed by atoms with Crippen LogP contribution in [0.4, 0.5) is 0 Å². The van der Waals surface area contributed by atoms with Crippen molar-refractivity contribution in [3.8, 4) is 0 Å². The lowest BCUT2D eigenvalue weighted by atomic mass is 9.86. The van der Waals surface area contributed by atoms with E-state index in [9.17, 15) is 24.0 Å². The van der Waals surface area contributed by atoms with Gasteiger partial charge >= 0.3 is 5.97 Å². The van der Waals surface area contributed by atoms with Crippen LogP contribution in [-0.2, 0) is 48.2 Å². The molecule has 220 valence electrons. The summed E-state index contributed by atoms with van der Waals surface area (Å²) in [7, 11) is 0. The Balaban J connectivity index is 1.70. The van der Waals surface area contributed by atoms with E-state index < -0.39 is 41.4 Å². The monoisotopic (exact) mass is 563 g/mol. The van der Waals surface area contributed by atoms with Gasteiger partial charge in [-0.1, -0.05) is 64.1 Å². The highest BCUT2D eigenvalue weighted by Crippen LogP contribution is 2.21. The molecule has 3 atom stereocenters. The molecule has 1 aliphatic rings. The smallest absolute Gasteiger partial charge is 0.306 e. The summed E-state index contributed by atoms with van der Waals surface area (Å²) in [5.74, 6) is -4.28. The van der Waals surface area contributed by atoms with Crippen LogP contribution in [0, 0.1) is 23.7 Å². The van der Waals surface area contributed by atoms with Gasteiger partial charge in [0.05, 0.1) is 18.4 Å². The lowest BCUT2D eigenvalue weighted by molar-refractivity contribution is -0.149. The van der Waals surface area contributed by atoms with Crippen molar-refractivity contribution < 1.29 is 28.7 Å². The van der Waals surface area contributed by atoms with Gasteiger partial charge in [0, 0.05) is 31.3 Å². The van der Waals surface area contributed by atoms with Crippen molar-refractivity contribution in [3.05, 3.63) is 65.5 Å². The number of esters is 1. The van der Waals surface area contributed by atoms with Crippen molar-refractivity contribution in [1.82, 2.24) is 15.6 Å². The predicted molar refractivity (Wildman–Crippen MR) is 153 cm³/mol. The first-order valence-electron chi connectivity index (χ1n) is 14.3. The number of hydrogen-bond donors (Lipinski definition) is 2. The van der Waals surface area contributed by atoms with E-state index in [2.05, 4.69) is 15.6 Å². The van der Waals surface area contributed by atoms with Crippen LogP contribution in [0.5, 0.6) is 0 Å². The highest BCUT2D eigenvalue weighted by molar-refractivity contribution is 6.37. The number of ketones is 2. The topological polar surface area (TPSA) is 132 Å². The van der Waals surface area contributed by atoms with E-state index in [1.165, 1.54) is 0 Å². The summed E-state index contributed by atoms with van der Waals surface area (Å²) in [6.07, 6.45) is 4.16. The zero-order valence-corrected chi connectivity index (χ0v) is 24.4. The molecule has 3 rings (SSSR count). The number of nitrogens with zero attached hydrogens (tertiary/aromatic N) is 1. The molecular formula is C32H41N3O6. The van der Waals surface area contributed by atoms with Crippen LogP contribution in [0.25, 0.3) is 0 Å². The number of Topliss-reactive ketones (excluding diaryl/α,β-unsaturated/α-hetero) is 2. The molecule has 2 bridgehead atoms. The zero-order chi connectivity index (χ0) is 29.9. The number of pyridine rings is 1. The molecule has 1 aromatic heterocycles. The van der Waals surface area contributed by atoms with Gasteiger partial charge in [-0.25, -0.2) is 0 Å². The van der Waals surface area contributed by atoms with Crippen molar-refractivity contribution in [3.63, 3.8) is 0 Å². The molecule has 0 fully saturated rings. The van der Waals surface area contributed by atoms with E-state index in [4.69, 9.17) is 4.74 Å². The van der Waals surface area contributed by atoms with Crippen molar-refractivity contribution >= 4 is 29.4 Å². The Morgan fingerprint density at radius 2 is 1.76 bits per heavy atom. The number of hydrogen-bond acceptors (Lipinski definition) is 7. The normalized spacial score (nSPS) is 17.0. The van der Waals surface area contributed by atoms with E-state index in [1.807, 2.05) is 64.1 Å². The van der Waals surface area contributed by atoms with E-state index >= 15 is 0 Å². The van der Waals surface area contributed by atoms with Gasteiger partial charge in [0.1, 0.15) is 6.61 Å². The largest absolute Gasteiger partial charge is 0.461 e. The van der Waals surface area contributed by atoms with Crippen LogP contribution in [0.15, 0.2) is 48.8 Å². The molecular weight excluding hydrogens is 522 g/mol. The lowest BCUT2D eigenvalue weighted by Gasteiger charge is -2.26. The van der Waals surface area contributed by atoms with E-state index in [0.717, 1.165) is 16.7 Å². The number of carbonyl (C=O) groups is 5. The van der Waals surface area contributed by atoms with Crippen LogP contribution in [0.2, 0.25) is 0 Å². The highest BCUT2D eigenvalue weighted by Gasteiger charge is 2.34. The second-order valence-electron chi connectivity index (χ2n) is 11.5. The van der Waals surface area contributed by atoms with E-state index in [1.54, 1.807) is 12.4 Å². The quantitative estimate of drug-likeness (QED) is 0.299. The average molecular weight is 564 g/mol. The van der Waals surface area contributed by atoms with Gasteiger partial charge < -0.3 is 15.4 Å². The maximum absolute atomic E-state index is 13.6. The molecule has 9 nitrogen and oxygen atoms in total. The first-order valence-corrected chi connectivity index (χ1v) is 14.3. The molecule has 1 aromatic carbocycles. The van der Waals surface area contributed by atoms with Crippen LogP contribution in [0.1, 0.15) is 63.6 Å². The second kappa shape index (κ2) is 15.2. The maximum atomic E-state index is 13.6. The van der Waals surface area contributed by atoms with Gasteiger partial charge in [-0.2, -0.15) is 0 Å². The third kappa shape index (κ3) is 9.92. The summed E-state index contributed by atoms with van der Waals surface area (Å²) < 4.78 is 5.39. The fraction of sp³-hybridized carbons (Fsp3) is 0.500. The number of benzene rings is 1. The van der Waals surface area contributed by atoms with Gasteiger partial charge in [-0.3, -0.25) is 29.0 Å². The van der Waals surface area contributed by atoms with Crippen molar-refractivity contribution in [1.29, 1.82) is 0 Å². The second-order valence-corrected chi connectivity index (χ2v) is 11.5. The Kier molecular flexibility index (Phi) is 11.7. The minimum absolute atomic E-state index is 0.0708. The van der Waals surface area contributed by atoms with Crippen LogP contribution >= 0.6 is 0 Å². The number of rotatable bonds is 12. The molecule has 0 aliphatic carbocycles. The minimum Gasteiger partial charge on any atom is -0.461 e.